The minimum atomic E-state index is -1.22. The summed E-state index contributed by atoms with van der Waals surface area (Å²) in [5, 5.41) is 14.7. The number of nitrogens with one attached hydrogen (secondary N) is 2. The van der Waals surface area contributed by atoms with Crippen molar-refractivity contribution in [2.45, 2.75) is 59.2 Å². The van der Waals surface area contributed by atoms with Crippen LogP contribution in [0.3, 0.4) is 0 Å². The summed E-state index contributed by atoms with van der Waals surface area (Å²) in [6.07, 6.45) is -0.712. The Morgan fingerprint density at radius 2 is 1.69 bits per heavy atom. The largest absolute Gasteiger partial charge is 0.465 e. The third-order valence-electron chi connectivity index (χ3n) is 4.42. The van der Waals surface area contributed by atoms with Gasteiger partial charge in [0.15, 0.2) is 0 Å². The van der Waals surface area contributed by atoms with Gasteiger partial charge in [-0.05, 0) is 31.2 Å². The fourth-order valence-electron chi connectivity index (χ4n) is 2.94. The number of nitrogens with zero attached hydrogens (tertiary/aromatic N) is 1. The van der Waals surface area contributed by atoms with Crippen molar-refractivity contribution in [3.8, 4) is 0 Å². The molecule has 0 saturated heterocycles. The van der Waals surface area contributed by atoms with E-state index in [9.17, 15) is 24.3 Å². The predicted molar refractivity (Wildman–Crippen MR) is 109 cm³/mol. The highest BCUT2D eigenvalue weighted by atomic mass is 16.4. The molecule has 0 spiro atoms. The van der Waals surface area contributed by atoms with E-state index in [1.54, 1.807) is 38.1 Å². The molecular weight excluding hydrogens is 374 g/mol. The number of carboxylic acid groups (broad SMARTS) is 1. The van der Waals surface area contributed by atoms with Crippen molar-refractivity contribution < 1.29 is 24.3 Å². The van der Waals surface area contributed by atoms with E-state index in [1.165, 1.54) is 0 Å². The standard InChI is InChI=1S/C21H31N3O5/c1-5-16(18(25)20(27)22-6-2)23-19(26)17(12-14(3)4)24(21(28)29)13-15-10-8-7-9-11-15/h7-11,14,16-17H,5-6,12-13H2,1-4H3,(H,22,27)(H,23,26)(H,28,29)/t16-,17+/m0/s1. The lowest BCUT2D eigenvalue weighted by Gasteiger charge is -2.31. The summed E-state index contributed by atoms with van der Waals surface area (Å²) in [7, 11) is 0. The van der Waals surface area contributed by atoms with Crippen LogP contribution < -0.4 is 10.6 Å². The molecule has 0 aromatic heterocycles. The number of carbonyl (C=O) groups is 4. The molecule has 1 aromatic rings. The summed E-state index contributed by atoms with van der Waals surface area (Å²) in [6.45, 7) is 7.49. The number of carbonyl (C=O) groups excluding carboxylic acids is 3. The number of benzene rings is 1. The van der Waals surface area contributed by atoms with Crippen LogP contribution >= 0.6 is 0 Å². The van der Waals surface area contributed by atoms with Crippen LogP contribution in [0.2, 0.25) is 0 Å². The Kier molecular flexibility index (Phi) is 9.85. The average molecular weight is 405 g/mol. The molecule has 0 bridgehead atoms. The van der Waals surface area contributed by atoms with Crippen LogP contribution in [-0.4, -0.2) is 52.3 Å². The van der Waals surface area contributed by atoms with Gasteiger partial charge in [-0.1, -0.05) is 51.1 Å². The van der Waals surface area contributed by atoms with Gasteiger partial charge in [0.1, 0.15) is 6.04 Å². The highest BCUT2D eigenvalue weighted by Gasteiger charge is 2.33. The number of Topliss-reactive ketones (excluding diaryl/α,β-unsaturated/α-hetero) is 1. The van der Waals surface area contributed by atoms with Crippen LogP contribution in [0.5, 0.6) is 0 Å². The molecule has 1 rings (SSSR count). The molecule has 1 aromatic carbocycles. The molecule has 0 unspecified atom stereocenters. The summed E-state index contributed by atoms with van der Waals surface area (Å²) >= 11 is 0. The molecule has 0 radical (unpaired) electrons. The lowest BCUT2D eigenvalue weighted by molar-refractivity contribution is -0.140. The van der Waals surface area contributed by atoms with E-state index >= 15 is 0 Å². The van der Waals surface area contributed by atoms with Crippen molar-refractivity contribution in [2.75, 3.05) is 6.54 Å². The molecule has 3 amide bonds. The van der Waals surface area contributed by atoms with E-state index in [0.717, 1.165) is 10.5 Å². The van der Waals surface area contributed by atoms with Gasteiger partial charge in [-0.2, -0.15) is 0 Å². The van der Waals surface area contributed by atoms with E-state index in [2.05, 4.69) is 10.6 Å². The molecule has 29 heavy (non-hydrogen) atoms. The lowest BCUT2D eigenvalue weighted by atomic mass is 10.00. The van der Waals surface area contributed by atoms with Crippen LogP contribution in [0, 0.1) is 5.92 Å². The normalized spacial score (nSPS) is 12.7. The first-order valence-corrected chi connectivity index (χ1v) is 9.87. The van der Waals surface area contributed by atoms with Gasteiger partial charge in [-0.3, -0.25) is 19.3 Å². The quantitative estimate of drug-likeness (QED) is 0.488. The number of rotatable bonds is 11. The maximum absolute atomic E-state index is 13.0. The third-order valence-corrected chi connectivity index (χ3v) is 4.42. The van der Waals surface area contributed by atoms with Crippen molar-refractivity contribution in [1.29, 1.82) is 0 Å². The highest BCUT2D eigenvalue weighted by Crippen LogP contribution is 2.17. The number of amides is 3. The second-order valence-electron chi connectivity index (χ2n) is 7.23. The van der Waals surface area contributed by atoms with Gasteiger partial charge in [0, 0.05) is 13.1 Å². The van der Waals surface area contributed by atoms with Crippen molar-refractivity contribution in [3.05, 3.63) is 35.9 Å². The molecule has 0 heterocycles. The zero-order valence-electron chi connectivity index (χ0n) is 17.5. The Labute approximate surface area is 171 Å². The predicted octanol–water partition coefficient (Wildman–Crippen LogP) is 2.18. The molecule has 2 atom stereocenters. The zero-order chi connectivity index (χ0) is 22.0. The molecule has 3 N–H and O–H groups in total. The monoisotopic (exact) mass is 405 g/mol. The van der Waals surface area contributed by atoms with Gasteiger partial charge in [-0.15, -0.1) is 0 Å². The lowest BCUT2D eigenvalue weighted by Crippen LogP contribution is -2.54. The second-order valence-corrected chi connectivity index (χ2v) is 7.23. The highest BCUT2D eigenvalue weighted by molar-refractivity contribution is 6.38. The number of ketones is 1. The van der Waals surface area contributed by atoms with Gasteiger partial charge < -0.3 is 15.7 Å². The van der Waals surface area contributed by atoms with E-state index in [0.29, 0.717) is 6.54 Å². The first kappa shape index (κ1) is 24.1. The second kappa shape index (κ2) is 11.8. The van der Waals surface area contributed by atoms with Crippen molar-refractivity contribution in [3.63, 3.8) is 0 Å². The van der Waals surface area contributed by atoms with Gasteiger partial charge in [0.2, 0.25) is 11.7 Å². The Balaban J connectivity index is 3.06. The molecule has 0 aliphatic heterocycles. The van der Waals surface area contributed by atoms with Crippen LogP contribution in [0.1, 0.15) is 46.1 Å². The van der Waals surface area contributed by atoms with Crippen molar-refractivity contribution in [1.82, 2.24) is 15.5 Å². The maximum atomic E-state index is 13.0. The Morgan fingerprint density at radius 1 is 1.07 bits per heavy atom. The maximum Gasteiger partial charge on any atom is 0.408 e. The SMILES string of the molecule is CCNC(=O)C(=O)[C@H](CC)NC(=O)[C@@H](CC(C)C)N(Cc1ccccc1)C(=O)O. The zero-order valence-corrected chi connectivity index (χ0v) is 17.5. The minimum Gasteiger partial charge on any atom is -0.465 e. The van der Waals surface area contributed by atoms with Gasteiger partial charge >= 0.3 is 6.09 Å². The average Bonchev–Trinajstić information content (AvgIpc) is 2.68. The Hall–Kier alpha value is -2.90. The molecule has 8 heteroatoms. The summed E-state index contributed by atoms with van der Waals surface area (Å²) in [6, 6.07) is 7.00. The molecule has 8 nitrogen and oxygen atoms in total. The van der Waals surface area contributed by atoms with E-state index < -0.39 is 35.8 Å². The van der Waals surface area contributed by atoms with Crippen LogP contribution in [-0.2, 0) is 20.9 Å². The number of hydrogen-bond donors (Lipinski definition) is 3. The molecule has 0 aliphatic rings. The van der Waals surface area contributed by atoms with E-state index in [4.69, 9.17) is 0 Å². The number of likely N-dealkylation sites (N-methyl/N-ethyl adjacent to an activating group) is 1. The third kappa shape index (κ3) is 7.56. The first-order valence-electron chi connectivity index (χ1n) is 9.87. The fourth-order valence-corrected chi connectivity index (χ4v) is 2.94. The molecule has 160 valence electrons. The number of hydrogen-bond acceptors (Lipinski definition) is 4. The van der Waals surface area contributed by atoms with Gasteiger partial charge in [-0.25, -0.2) is 4.79 Å². The van der Waals surface area contributed by atoms with Crippen LogP contribution in [0.4, 0.5) is 4.79 Å². The summed E-state index contributed by atoms with van der Waals surface area (Å²) < 4.78 is 0. The van der Waals surface area contributed by atoms with E-state index in [1.807, 2.05) is 19.9 Å². The molecule has 0 aliphatic carbocycles. The van der Waals surface area contributed by atoms with Crippen molar-refractivity contribution >= 4 is 23.7 Å². The Bertz CT molecular complexity index is 706. The van der Waals surface area contributed by atoms with E-state index in [-0.39, 0.29) is 25.3 Å². The molecule has 0 fully saturated rings. The Morgan fingerprint density at radius 3 is 2.17 bits per heavy atom. The molecule has 0 saturated carbocycles. The van der Waals surface area contributed by atoms with Crippen LogP contribution in [0.15, 0.2) is 30.3 Å². The first-order chi connectivity index (χ1) is 13.7. The smallest absolute Gasteiger partial charge is 0.408 e. The van der Waals surface area contributed by atoms with Gasteiger partial charge in [0.05, 0.1) is 6.04 Å². The molecular formula is C21H31N3O5. The summed E-state index contributed by atoms with van der Waals surface area (Å²) in [5.74, 6) is -2.04. The topological polar surface area (TPSA) is 116 Å². The van der Waals surface area contributed by atoms with Gasteiger partial charge in [0.25, 0.3) is 5.91 Å². The fraction of sp³-hybridized carbons (Fsp3) is 0.524. The summed E-state index contributed by atoms with van der Waals surface area (Å²) in [4.78, 5) is 50.1. The summed E-state index contributed by atoms with van der Waals surface area (Å²) in [5.41, 5.74) is 0.752. The minimum absolute atomic E-state index is 0.0437. The van der Waals surface area contributed by atoms with Crippen LogP contribution in [0.25, 0.3) is 0 Å². The van der Waals surface area contributed by atoms with Crippen molar-refractivity contribution in [2.24, 2.45) is 5.92 Å².